The number of hydrogen-bond acceptors (Lipinski definition) is 5. The Labute approximate surface area is 180 Å². The molecule has 1 fully saturated rings. The maximum absolute atomic E-state index is 13.0. The molecule has 0 spiro atoms. The molecule has 0 atom stereocenters. The van der Waals surface area contributed by atoms with E-state index in [0.717, 1.165) is 38.4 Å². The lowest BCUT2D eigenvalue weighted by Crippen LogP contribution is -2.36. The van der Waals surface area contributed by atoms with Crippen LogP contribution in [0.15, 0.2) is 65.1 Å². The maximum atomic E-state index is 13.0. The molecule has 0 aliphatic carbocycles. The molecule has 6 nitrogen and oxygen atoms in total. The molecular formula is C24H25FN2O4. The van der Waals surface area contributed by atoms with E-state index in [2.05, 4.69) is 16.3 Å². The highest BCUT2D eigenvalue weighted by Gasteiger charge is 2.15. The van der Waals surface area contributed by atoms with Crippen molar-refractivity contribution in [2.75, 3.05) is 26.3 Å². The van der Waals surface area contributed by atoms with Crippen molar-refractivity contribution in [1.29, 1.82) is 0 Å². The minimum atomic E-state index is -0.323. The van der Waals surface area contributed by atoms with Gasteiger partial charge in [0.15, 0.2) is 5.76 Å². The van der Waals surface area contributed by atoms with Crippen molar-refractivity contribution in [2.45, 2.75) is 19.7 Å². The maximum Gasteiger partial charge on any atom is 0.287 e. The van der Waals surface area contributed by atoms with Crippen LogP contribution < -0.4 is 10.1 Å². The summed E-state index contributed by atoms with van der Waals surface area (Å²) in [6.07, 6.45) is 0. The van der Waals surface area contributed by atoms with Gasteiger partial charge in [-0.15, -0.1) is 0 Å². The summed E-state index contributed by atoms with van der Waals surface area (Å²) in [5, 5.41) is 2.93. The zero-order valence-electron chi connectivity index (χ0n) is 17.2. The van der Waals surface area contributed by atoms with Crippen molar-refractivity contribution in [2.24, 2.45) is 0 Å². The molecule has 4 rings (SSSR count). The van der Waals surface area contributed by atoms with Crippen molar-refractivity contribution in [3.8, 4) is 5.75 Å². The van der Waals surface area contributed by atoms with E-state index in [0.29, 0.717) is 18.1 Å². The van der Waals surface area contributed by atoms with E-state index in [-0.39, 0.29) is 24.1 Å². The Morgan fingerprint density at radius 1 is 1.00 bits per heavy atom. The third kappa shape index (κ3) is 5.93. The van der Waals surface area contributed by atoms with Gasteiger partial charge >= 0.3 is 0 Å². The van der Waals surface area contributed by atoms with E-state index in [1.807, 2.05) is 18.2 Å². The van der Waals surface area contributed by atoms with Crippen LogP contribution in [-0.2, 0) is 24.4 Å². The number of halogens is 1. The average molecular weight is 424 g/mol. The fourth-order valence-electron chi connectivity index (χ4n) is 3.41. The lowest BCUT2D eigenvalue weighted by Gasteiger charge is -2.27. The first-order valence-corrected chi connectivity index (χ1v) is 10.3. The minimum absolute atomic E-state index is 0.154. The third-order valence-electron chi connectivity index (χ3n) is 5.14. The lowest BCUT2D eigenvalue weighted by atomic mass is 10.1. The summed E-state index contributed by atoms with van der Waals surface area (Å²) in [4.78, 5) is 14.9. The third-order valence-corrected chi connectivity index (χ3v) is 5.14. The Morgan fingerprint density at radius 2 is 1.74 bits per heavy atom. The van der Waals surface area contributed by atoms with Gasteiger partial charge in [0.25, 0.3) is 5.91 Å². The molecule has 162 valence electrons. The summed E-state index contributed by atoms with van der Waals surface area (Å²) in [5.41, 5.74) is 2.27. The standard InChI is InChI=1S/C24H25FN2O4/c25-20-5-7-21(8-6-20)30-17-22-9-10-23(31-22)24(28)26-15-18-3-1-2-4-19(18)16-27-11-13-29-14-12-27/h1-10H,11-17H2,(H,26,28). The summed E-state index contributed by atoms with van der Waals surface area (Å²) in [5.74, 6) is 0.663. The number of carbonyl (C=O) groups excluding carboxylic acids is 1. The second-order valence-corrected chi connectivity index (χ2v) is 7.35. The Kier molecular flexibility index (Phi) is 6.96. The number of rotatable bonds is 8. The summed E-state index contributed by atoms with van der Waals surface area (Å²) in [6.45, 7) is 4.74. The first-order valence-electron chi connectivity index (χ1n) is 10.3. The molecule has 0 saturated carbocycles. The van der Waals surface area contributed by atoms with Gasteiger partial charge in [0.1, 0.15) is 23.9 Å². The topological polar surface area (TPSA) is 63.9 Å². The van der Waals surface area contributed by atoms with E-state index >= 15 is 0 Å². The van der Waals surface area contributed by atoms with Gasteiger partial charge in [0.05, 0.1) is 13.2 Å². The highest BCUT2D eigenvalue weighted by Crippen LogP contribution is 2.16. The van der Waals surface area contributed by atoms with E-state index in [1.165, 1.54) is 17.7 Å². The predicted octanol–water partition coefficient (Wildman–Crippen LogP) is 3.76. The van der Waals surface area contributed by atoms with Crippen LogP contribution in [0.4, 0.5) is 4.39 Å². The number of furan rings is 1. The summed E-state index contributed by atoms with van der Waals surface area (Å²) < 4.78 is 29.5. The van der Waals surface area contributed by atoms with Crippen LogP contribution in [0.2, 0.25) is 0 Å². The first kappa shape index (κ1) is 21.1. The lowest BCUT2D eigenvalue weighted by molar-refractivity contribution is 0.0340. The van der Waals surface area contributed by atoms with Gasteiger partial charge in [-0.25, -0.2) is 4.39 Å². The smallest absolute Gasteiger partial charge is 0.287 e. The Bertz CT molecular complexity index is 997. The fourth-order valence-corrected chi connectivity index (χ4v) is 3.41. The van der Waals surface area contributed by atoms with Crippen LogP contribution in [0.3, 0.4) is 0 Å². The highest BCUT2D eigenvalue weighted by molar-refractivity contribution is 5.91. The molecule has 7 heteroatoms. The number of amides is 1. The van der Waals surface area contributed by atoms with E-state index < -0.39 is 0 Å². The second kappa shape index (κ2) is 10.2. The van der Waals surface area contributed by atoms with Crippen LogP contribution >= 0.6 is 0 Å². The number of benzene rings is 2. The SMILES string of the molecule is O=C(NCc1ccccc1CN1CCOCC1)c1ccc(COc2ccc(F)cc2)o1. The van der Waals surface area contributed by atoms with Crippen LogP contribution in [-0.4, -0.2) is 37.1 Å². The molecule has 0 unspecified atom stereocenters. The van der Waals surface area contributed by atoms with Gasteiger partial charge in [-0.3, -0.25) is 9.69 Å². The molecule has 0 bridgehead atoms. The van der Waals surface area contributed by atoms with Crippen LogP contribution in [0.5, 0.6) is 5.75 Å². The van der Waals surface area contributed by atoms with Crippen LogP contribution in [0.25, 0.3) is 0 Å². The summed E-state index contributed by atoms with van der Waals surface area (Å²) in [6, 6.07) is 17.2. The molecule has 3 aromatic rings. The van der Waals surface area contributed by atoms with Crippen molar-refractivity contribution in [3.63, 3.8) is 0 Å². The molecule has 31 heavy (non-hydrogen) atoms. The van der Waals surface area contributed by atoms with Gasteiger partial charge in [0.2, 0.25) is 0 Å². The number of ether oxygens (including phenoxy) is 2. The van der Waals surface area contributed by atoms with Gasteiger partial charge in [-0.2, -0.15) is 0 Å². The minimum Gasteiger partial charge on any atom is -0.486 e. The number of carbonyl (C=O) groups is 1. The van der Waals surface area contributed by atoms with Crippen LogP contribution in [0.1, 0.15) is 27.4 Å². The highest BCUT2D eigenvalue weighted by atomic mass is 19.1. The van der Waals surface area contributed by atoms with E-state index in [1.54, 1.807) is 24.3 Å². The molecule has 0 radical (unpaired) electrons. The molecule has 1 aliphatic rings. The normalized spacial score (nSPS) is 14.4. The number of nitrogens with one attached hydrogen (secondary N) is 1. The Morgan fingerprint density at radius 3 is 2.52 bits per heavy atom. The molecule has 1 saturated heterocycles. The molecule has 1 amide bonds. The average Bonchev–Trinajstić information content (AvgIpc) is 3.28. The fraction of sp³-hybridized carbons (Fsp3) is 0.292. The van der Waals surface area contributed by atoms with E-state index in [4.69, 9.17) is 13.9 Å². The van der Waals surface area contributed by atoms with Crippen molar-refractivity contribution in [1.82, 2.24) is 10.2 Å². The largest absolute Gasteiger partial charge is 0.486 e. The molecular weight excluding hydrogens is 399 g/mol. The van der Waals surface area contributed by atoms with Crippen LogP contribution in [0, 0.1) is 5.82 Å². The van der Waals surface area contributed by atoms with Gasteiger partial charge in [0, 0.05) is 26.2 Å². The Hall–Kier alpha value is -3.16. The number of nitrogens with zero attached hydrogens (tertiary/aromatic N) is 1. The second-order valence-electron chi connectivity index (χ2n) is 7.35. The molecule has 2 heterocycles. The van der Waals surface area contributed by atoms with Gasteiger partial charge in [-0.1, -0.05) is 24.3 Å². The zero-order chi connectivity index (χ0) is 21.5. The number of morpholine rings is 1. The number of hydrogen-bond donors (Lipinski definition) is 1. The quantitative estimate of drug-likeness (QED) is 0.597. The first-order chi connectivity index (χ1) is 15.2. The van der Waals surface area contributed by atoms with E-state index in [9.17, 15) is 9.18 Å². The van der Waals surface area contributed by atoms with Crippen molar-refractivity contribution in [3.05, 3.63) is 89.1 Å². The van der Waals surface area contributed by atoms with Gasteiger partial charge in [-0.05, 0) is 47.5 Å². The predicted molar refractivity (Wildman–Crippen MR) is 113 cm³/mol. The summed E-state index contributed by atoms with van der Waals surface area (Å²) in [7, 11) is 0. The summed E-state index contributed by atoms with van der Waals surface area (Å²) >= 11 is 0. The Balaban J connectivity index is 1.30. The van der Waals surface area contributed by atoms with Crippen molar-refractivity contribution < 1.29 is 23.1 Å². The van der Waals surface area contributed by atoms with Crippen molar-refractivity contribution >= 4 is 5.91 Å². The monoisotopic (exact) mass is 424 g/mol. The molecule has 2 aromatic carbocycles. The molecule has 1 aliphatic heterocycles. The molecule has 1 N–H and O–H groups in total. The zero-order valence-corrected chi connectivity index (χ0v) is 17.2. The molecule has 1 aromatic heterocycles. The van der Waals surface area contributed by atoms with Gasteiger partial charge < -0.3 is 19.2 Å².